The lowest BCUT2D eigenvalue weighted by Crippen LogP contribution is -2.46. The van der Waals surface area contributed by atoms with Crippen LogP contribution in [0.25, 0.3) is 0 Å². The second-order valence-electron chi connectivity index (χ2n) is 4.36. The lowest BCUT2D eigenvalue weighted by atomic mass is 9.75. The van der Waals surface area contributed by atoms with Crippen molar-refractivity contribution >= 4 is 5.78 Å². The van der Waals surface area contributed by atoms with Gasteiger partial charge in [-0.15, -0.1) is 0 Å². The standard InChI is InChI=1S/C12H13NO2/c14-8-1-2-9-10(6-8)7-3-4-13-11(5-7)12(9)15/h1-2,6-7,11,13-14H,3-5H2. The van der Waals surface area contributed by atoms with Gasteiger partial charge in [0.15, 0.2) is 5.78 Å². The van der Waals surface area contributed by atoms with Crippen LogP contribution in [0.2, 0.25) is 0 Å². The predicted molar refractivity (Wildman–Crippen MR) is 56.2 cm³/mol. The fourth-order valence-electron chi connectivity index (χ4n) is 2.70. The molecule has 1 aliphatic carbocycles. The van der Waals surface area contributed by atoms with Gasteiger partial charge in [0.25, 0.3) is 0 Å². The molecule has 1 aromatic carbocycles. The van der Waals surface area contributed by atoms with E-state index in [9.17, 15) is 9.90 Å². The maximum Gasteiger partial charge on any atom is 0.180 e. The summed E-state index contributed by atoms with van der Waals surface area (Å²) in [6.45, 7) is 0.899. The summed E-state index contributed by atoms with van der Waals surface area (Å²) >= 11 is 0. The van der Waals surface area contributed by atoms with E-state index in [2.05, 4.69) is 5.32 Å². The number of phenolic OH excluding ortho intramolecular Hbond substituents is 1. The minimum absolute atomic E-state index is 0.000734. The zero-order valence-electron chi connectivity index (χ0n) is 8.36. The van der Waals surface area contributed by atoms with Crippen molar-refractivity contribution in [2.24, 2.45) is 0 Å². The Bertz CT molecular complexity index is 428. The number of Topliss-reactive ketones (excluding diaryl/α,β-unsaturated/α-hetero) is 1. The monoisotopic (exact) mass is 203 g/mol. The fourth-order valence-corrected chi connectivity index (χ4v) is 2.70. The topological polar surface area (TPSA) is 49.3 Å². The fraction of sp³-hybridized carbons (Fsp3) is 0.417. The van der Waals surface area contributed by atoms with Gasteiger partial charge in [-0.1, -0.05) is 0 Å². The smallest absolute Gasteiger partial charge is 0.180 e. The first-order valence-electron chi connectivity index (χ1n) is 5.36. The summed E-state index contributed by atoms with van der Waals surface area (Å²) < 4.78 is 0. The first-order chi connectivity index (χ1) is 7.25. The Hall–Kier alpha value is -1.35. The van der Waals surface area contributed by atoms with Gasteiger partial charge in [-0.2, -0.15) is 0 Å². The molecular formula is C12H13NO2. The molecule has 0 saturated carbocycles. The lowest BCUT2D eigenvalue weighted by Gasteiger charge is -2.35. The van der Waals surface area contributed by atoms with E-state index in [1.54, 1.807) is 18.2 Å². The van der Waals surface area contributed by atoms with Crippen LogP contribution in [0.4, 0.5) is 0 Å². The molecule has 0 aromatic heterocycles. The molecule has 2 atom stereocenters. The number of hydrogen-bond donors (Lipinski definition) is 2. The SMILES string of the molecule is O=C1c2ccc(O)cc2C2CCNC1C2. The van der Waals surface area contributed by atoms with Crippen molar-refractivity contribution in [1.29, 1.82) is 0 Å². The summed E-state index contributed by atoms with van der Waals surface area (Å²) in [5.74, 6) is 0.885. The Kier molecular flexibility index (Phi) is 1.83. The minimum Gasteiger partial charge on any atom is -0.508 e. The third-order valence-corrected chi connectivity index (χ3v) is 3.46. The molecule has 3 heteroatoms. The van der Waals surface area contributed by atoms with E-state index in [1.165, 1.54) is 0 Å². The maximum atomic E-state index is 12.0. The second kappa shape index (κ2) is 3.07. The van der Waals surface area contributed by atoms with E-state index in [0.29, 0.717) is 5.92 Å². The van der Waals surface area contributed by atoms with E-state index >= 15 is 0 Å². The van der Waals surface area contributed by atoms with Crippen molar-refractivity contribution in [2.45, 2.75) is 24.8 Å². The Labute approximate surface area is 88.1 Å². The second-order valence-corrected chi connectivity index (χ2v) is 4.36. The van der Waals surface area contributed by atoms with Gasteiger partial charge in [0.2, 0.25) is 0 Å². The number of piperidine rings is 1. The highest BCUT2D eigenvalue weighted by Gasteiger charge is 2.35. The number of phenols is 1. The van der Waals surface area contributed by atoms with Gasteiger partial charge in [0, 0.05) is 5.56 Å². The van der Waals surface area contributed by atoms with Crippen molar-refractivity contribution < 1.29 is 9.90 Å². The molecule has 1 aromatic rings. The number of carbonyl (C=O) groups is 1. The van der Waals surface area contributed by atoms with E-state index in [4.69, 9.17) is 0 Å². The van der Waals surface area contributed by atoms with Gasteiger partial charge in [-0.05, 0) is 49.1 Å². The zero-order chi connectivity index (χ0) is 10.4. The number of ketones is 1. The molecule has 3 rings (SSSR count). The largest absolute Gasteiger partial charge is 0.508 e. The van der Waals surface area contributed by atoms with Crippen molar-refractivity contribution in [3.63, 3.8) is 0 Å². The van der Waals surface area contributed by atoms with E-state index in [-0.39, 0.29) is 17.6 Å². The van der Waals surface area contributed by atoms with Crippen LogP contribution in [0.15, 0.2) is 18.2 Å². The summed E-state index contributed by atoms with van der Waals surface area (Å²) in [7, 11) is 0. The van der Waals surface area contributed by atoms with E-state index < -0.39 is 0 Å². The van der Waals surface area contributed by atoms with Gasteiger partial charge in [-0.3, -0.25) is 4.79 Å². The molecular weight excluding hydrogens is 190 g/mol. The van der Waals surface area contributed by atoms with Crippen LogP contribution in [0, 0.1) is 0 Å². The van der Waals surface area contributed by atoms with E-state index in [1.807, 2.05) is 0 Å². The summed E-state index contributed by atoms with van der Waals surface area (Å²) in [5.41, 5.74) is 1.83. The van der Waals surface area contributed by atoms with E-state index in [0.717, 1.165) is 30.5 Å². The van der Waals surface area contributed by atoms with Gasteiger partial charge >= 0.3 is 0 Å². The van der Waals surface area contributed by atoms with Gasteiger partial charge in [-0.25, -0.2) is 0 Å². The van der Waals surface area contributed by atoms with Crippen LogP contribution in [0.1, 0.15) is 34.7 Å². The highest BCUT2D eigenvalue weighted by molar-refractivity contribution is 6.03. The maximum absolute atomic E-state index is 12.0. The molecule has 1 aliphatic heterocycles. The Morgan fingerprint density at radius 1 is 1.40 bits per heavy atom. The van der Waals surface area contributed by atoms with Crippen LogP contribution in [-0.2, 0) is 0 Å². The molecule has 0 radical (unpaired) electrons. The van der Waals surface area contributed by atoms with Gasteiger partial charge in [0.1, 0.15) is 5.75 Å². The Morgan fingerprint density at radius 2 is 2.27 bits per heavy atom. The molecule has 0 spiro atoms. The lowest BCUT2D eigenvalue weighted by molar-refractivity contribution is 0.0902. The number of aromatic hydroxyl groups is 1. The molecule has 15 heavy (non-hydrogen) atoms. The van der Waals surface area contributed by atoms with Gasteiger partial charge in [0.05, 0.1) is 6.04 Å². The normalized spacial score (nSPS) is 28.7. The molecule has 2 unspecified atom stereocenters. The van der Waals surface area contributed by atoms with Gasteiger partial charge < -0.3 is 10.4 Å². The van der Waals surface area contributed by atoms with Crippen molar-refractivity contribution in [3.05, 3.63) is 29.3 Å². The quantitative estimate of drug-likeness (QED) is 0.670. The van der Waals surface area contributed by atoms with Crippen LogP contribution in [-0.4, -0.2) is 23.5 Å². The number of benzene rings is 1. The molecule has 78 valence electrons. The van der Waals surface area contributed by atoms with Crippen molar-refractivity contribution in [1.82, 2.24) is 5.32 Å². The zero-order valence-corrected chi connectivity index (χ0v) is 8.36. The third kappa shape index (κ3) is 1.27. The molecule has 1 fully saturated rings. The molecule has 2 N–H and O–H groups in total. The summed E-state index contributed by atoms with van der Waals surface area (Å²) in [5, 5.41) is 12.7. The number of rotatable bonds is 0. The average molecular weight is 203 g/mol. The molecule has 1 saturated heterocycles. The molecule has 1 heterocycles. The summed E-state index contributed by atoms with van der Waals surface area (Å²) in [4.78, 5) is 12.0. The first kappa shape index (κ1) is 8.92. The highest BCUT2D eigenvalue weighted by Crippen LogP contribution is 2.37. The number of hydrogen-bond acceptors (Lipinski definition) is 3. The first-order valence-corrected chi connectivity index (χ1v) is 5.36. The number of nitrogens with one attached hydrogen (secondary N) is 1. The number of fused-ring (bicyclic) bond motifs is 4. The average Bonchev–Trinajstić information content (AvgIpc) is 2.27. The molecule has 0 amide bonds. The summed E-state index contributed by atoms with van der Waals surface area (Å²) in [6, 6.07) is 5.09. The van der Waals surface area contributed by atoms with Crippen LogP contribution < -0.4 is 5.32 Å². The molecule has 2 aliphatic rings. The van der Waals surface area contributed by atoms with Crippen molar-refractivity contribution in [2.75, 3.05) is 6.54 Å². The Morgan fingerprint density at radius 3 is 3.13 bits per heavy atom. The minimum atomic E-state index is 0.000734. The van der Waals surface area contributed by atoms with Crippen LogP contribution >= 0.6 is 0 Å². The highest BCUT2D eigenvalue weighted by atomic mass is 16.3. The van der Waals surface area contributed by atoms with Crippen LogP contribution in [0.5, 0.6) is 5.75 Å². The third-order valence-electron chi connectivity index (χ3n) is 3.46. The Balaban J connectivity index is 2.16. The number of carbonyl (C=O) groups excluding carboxylic acids is 1. The van der Waals surface area contributed by atoms with Crippen molar-refractivity contribution in [3.8, 4) is 5.75 Å². The van der Waals surface area contributed by atoms with Crippen LogP contribution in [0.3, 0.4) is 0 Å². The molecule has 2 bridgehead atoms. The molecule has 3 nitrogen and oxygen atoms in total. The summed E-state index contributed by atoms with van der Waals surface area (Å²) in [6.07, 6.45) is 1.94. The predicted octanol–water partition coefficient (Wildman–Crippen LogP) is 1.42.